The third-order valence-corrected chi connectivity index (χ3v) is 0.357. The Morgan fingerprint density at radius 1 is 0.682 bits per heavy atom. The maximum Gasteiger partial charge on any atom is 0.194 e. The maximum absolute atomic E-state index is 9.62. The van der Waals surface area contributed by atoms with E-state index in [9.17, 15) is 4.79 Å². The van der Waals surface area contributed by atoms with Crippen molar-refractivity contribution in [2.45, 2.75) is 13.3 Å². The Labute approximate surface area is 513 Å². The predicted octanol–water partition coefficient (Wildman–Crippen LogP) is 1.71. The van der Waals surface area contributed by atoms with Crippen LogP contribution in [0.3, 0.4) is 0 Å². The molecule has 0 saturated heterocycles. The van der Waals surface area contributed by atoms with E-state index in [4.69, 9.17) is 5.73 Å². The third kappa shape index (κ3) is 111. The largest absolute Gasteiger partial charge is 0.650 e. The summed E-state index contributed by atoms with van der Waals surface area (Å²) in [7, 11) is 0. The van der Waals surface area contributed by atoms with Gasteiger partial charge in [0.15, 0.2) is 6.09 Å². The predicted molar refractivity (Wildman–Crippen MR) is 25.4 cm³/mol. The van der Waals surface area contributed by atoms with Crippen molar-refractivity contribution in [2.24, 2.45) is 0 Å². The molecule has 0 aliphatic heterocycles. The fourth-order valence-corrected chi connectivity index (χ4v) is 0.159. The molecule has 0 aromatic carbocycles. The van der Waals surface area contributed by atoms with Gasteiger partial charge in [-0.25, -0.2) is 0 Å². The molecule has 0 aromatic heterocycles. The standard InChI is InChI=1S/C4H8NO2.15Y/c1-2-3-7-4(5)6;;;;;;;;;;;;;;;/h3H,2H2,1H3,(H2,5,6);;;;;;;;;;;;;;;/q-1;;;;;;;;;;;;;;;/p-1. The van der Waals surface area contributed by atoms with Crippen molar-refractivity contribution in [3.05, 3.63) is 12.3 Å². The Morgan fingerprint density at radius 3 is 0.909 bits per heavy atom. The number of nitrogens with one attached hydrogen (secondary N) is 1. The number of hydrogen-bond donors (Lipinski definition) is 0. The van der Waals surface area contributed by atoms with Gasteiger partial charge in [-0.05, 0) is 0 Å². The van der Waals surface area contributed by atoms with E-state index in [0.29, 0.717) is 6.42 Å². The van der Waals surface area contributed by atoms with Gasteiger partial charge in [0, 0.05) is 491 Å². The van der Waals surface area contributed by atoms with E-state index >= 15 is 0 Å². The summed E-state index contributed by atoms with van der Waals surface area (Å²) in [6.45, 7) is 3.11. The summed E-state index contributed by atoms with van der Waals surface area (Å²) in [6.07, 6.45) is -0.341. The van der Waals surface area contributed by atoms with Gasteiger partial charge in [0.2, 0.25) is 0 Å². The monoisotopic (exact) mass is 1430 g/mol. The second-order valence-electron chi connectivity index (χ2n) is 0.980. The van der Waals surface area contributed by atoms with Gasteiger partial charge in [-0.2, -0.15) is 6.61 Å². The van der Waals surface area contributed by atoms with Crippen LogP contribution in [-0.2, 0) is 495 Å². The smallest absolute Gasteiger partial charge is 0.194 e. The minimum atomic E-state index is -0.998. The summed E-state index contributed by atoms with van der Waals surface area (Å²) < 4.78 is 4.09. The van der Waals surface area contributed by atoms with Crippen molar-refractivity contribution in [3.63, 3.8) is 0 Å². The summed E-state index contributed by atoms with van der Waals surface area (Å²) in [4.78, 5) is 9.62. The molecular formula is C4H7NO2Y15-2. The van der Waals surface area contributed by atoms with Gasteiger partial charge in [-0.3, -0.25) is 4.79 Å². The fraction of sp³-hybridized carbons (Fsp3) is 0.500. The van der Waals surface area contributed by atoms with Gasteiger partial charge in [0.05, 0.1) is 0 Å². The van der Waals surface area contributed by atoms with Crippen molar-refractivity contribution in [1.29, 1.82) is 0 Å². The third-order valence-electron chi connectivity index (χ3n) is 0.357. The van der Waals surface area contributed by atoms with E-state index in [1.54, 1.807) is 0 Å². The molecule has 1 amide bonds. The molecule has 0 aliphatic rings. The van der Waals surface area contributed by atoms with Crippen LogP contribution in [-0.4, -0.2) is 6.09 Å². The zero-order valence-electron chi connectivity index (χ0n) is 12.8. The summed E-state index contributed by atoms with van der Waals surface area (Å²) in [5, 5.41) is 0. The van der Waals surface area contributed by atoms with Crippen LogP contribution in [0, 0.1) is 6.61 Å². The minimum absolute atomic E-state index is 0. The Bertz CT molecular complexity index is 82.6. The van der Waals surface area contributed by atoms with Crippen molar-refractivity contribution in [1.82, 2.24) is 0 Å². The molecule has 1 N–H and O–H groups in total. The molecule has 0 heterocycles. The van der Waals surface area contributed by atoms with E-state index in [1.165, 1.54) is 6.61 Å². The molecular weight excluding hydrogens is 1430 g/mol. The molecule has 0 spiro atoms. The Balaban J connectivity index is -0.00000000171. The van der Waals surface area contributed by atoms with E-state index in [2.05, 4.69) is 4.74 Å². The topological polar surface area (TPSA) is 50.1 Å². The van der Waals surface area contributed by atoms with E-state index in [1.807, 2.05) is 6.92 Å². The fourth-order valence-electron chi connectivity index (χ4n) is 0.159. The Morgan fingerprint density at radius 2 is 0.864 bits per heavy atom. The van der Waals surface area contributed by atoms with Crippen LogP contribution in [0.15, 0.2) is 0 Å². The zero-order chi connectivity index (χ0) is 5.70. The number of carbonyl (C=O) groups is 1. The summed E-state index contributed by atoms with van der Waals surface area (Å²) in [5.41, 5.74) is 6.19. The van der Waals surface area contributed by atoms with Gasteiger partial charge in [0.1, 0.15) is 0 Å². The molecule has 0 fully saturated rings. The zero-order valence-corrected chi connectivity index (χ0v) is 55.3. The first-order valence-electron chi connectivity index (χ1n) is 2.01. The number of amides is 1. The van der Waals surface area contributed by atoms with Crippen molar-refractivity contribution >= 4 is 6.09 Å². The van der Waals surface area contributed by atoms with Crippen LogP contribution in [0.4, 0.5) is 4.79 Å². The van der Waals surface area contributed by atoms with Crippen LogP contribution in [0.1, 0.15) is 13.3 Å². The first kappa shape index (κ1) is 108. The summed E-state index contributed by atoms with van der Waals surface area (Å²) in [6, 6.07) is 0. The van der Waals surface area contributed by atoms with Crippen LogP contribution >= 0.6 is 0 Å². The molecule has 87 valence electrons. The molecule has 0 atom stereocenters. The van der Waals surface area contributed by atoms with Gasteiger partial charge < -0.3 is 10.5 Å². The molecule has 0 rings (SSSR count). The molecule has 0 saturated carbocycles. The molecule has 0 aromatic rings. The average molecular weight is 1430 g/mol. The first-order chi connectivity index (χ1) is 3.27. The van der Waals surface area contributed by atoms with Gasteiger partial charge in [0.25, 0.3) is 0 Å². The van der Waals surface area contributed by atoms with E-state index in [0.717, 1.165) is 0 Å². The number of hydrogen-bond acceptors (Lipinski definition) is 2. The molecule has 15 radical (unpaired) electrons. The Kier molecular flexibility index (Phi) is 486. The molecule has 0 unspecified atom stereocenters. The van der Waals surface area contributed by atoms with Crippen molar-refractivity contribution in [2.75, 3.05) is 0 Å². The van der Waals surface area contributed by atoms with Crippen molar-refractivity contribution in [3.8, 4) is 0 Å². The van der Waals surface area contributed by atoms with Crippen LogP contribution in [0.25, 0.3) is 5.73 Å². The van der Waals surface area contributed by atoms with Crippen LogP contribution in [0.5, 0.6) is 0 Å². The molecule has 18 heteroatoms. The van der Waals surface area contributed by atoms with E-state index < -0.39 is 6.09 Å². The Hall–Kier alpha value is 15.8. The molecule has 0 aliphatic carbocycles. The summed E-state index contributed by atoms with van der Waals surface area (Å²) in [5.74, 6) is 0. The average Bonchev–Trinajstić information content (AvgIpc) is 1.61. The van der Waals surface area contributed by atoms with Crippen LogP contribution in [0.2, 0.25) is 0 Å². The normalized spacial score (nSPS) is 2.59. The number of ether oxygens (including phenoxy) is 1. The molecule has 22 heavy (non-hydrogen) atoms. The van der Waals surface area contributed by atoms with Gasteiger partial charge in [-0.15, -0.1) is 6.42 Å². The van der Waals surface area contributed by atoms with Crippen molar-refractivity contribution < 1.29 is 500 Å². The van der Waals surface area contributed by atoms with Gasteiger partial charge in [-0.1, -0.05) is 6.92 Å². The second kappa shape index (κ2) is 99.2. The number of rotatable bonds is 2. The first-order valence-corrected chi connectivity index (χ1v) is 2.01. The molecule has 3 nitrogen and oxygen atoms in total. The quantitative estimate of drug-likeness (QED) is 0.397. The minimum Gasteiger partial charge on any atom is -0.650 e. The number of carbonyl (C=O) groups excluding carboxylic acids is 1. The second-order valence-corrected chi connectivity index (χ2v) is 0.980. The van der Waals surface area contributed by atoms with E-state index in [-0.39, 0.29) is 491 Å². The maximum atomic E-state index is 9.62. The van der Waals surface area contributed by atoms with Crippen LogP contribution < -0.4 is 0 Å². The molecule has 0 bridgehead atoms. The SMILES string of the molecule is CC[CH-]OC([NH-])=O.[Y].[Y].[Y].[Y].[Y].[Y].[Y].[Y].[Y].[Y].[Y].[Y].[Y].[Y].[Y]. The summed E-state index contributed by atoms with van der Waals surface area (Å²) >= 11 is 0. The van der Waals surface area contributed by atoms with Gasteiger partial charge >= 0.3 is 0 Å².